The summed E-state index contributed by atoms with van der Waals surface area (Å²) in [6.07, 6.45) is 9.67. The van der Waals surface area contributed by atoms with Crippen LogP contribution >= 0.6 is 0 Å². The molecule has 0 spiro atoms. The molecule has 3 rings (SSSR count). The van der Waals surface area contributed by atoms with E-state index in [0.29, 0.717) is 12.0 Å². The third-order valence-corrected chi connectivity index (χ3v) is 3.87. The average molecular weight is 235 g/mol. The SMILES string of the molecule is c1cn(CC2CNCCO2)c(C2CCCC2)n1. The maximum atomic E-state index is 5.76. The molecule has 17 heavy (non-hydrogen) atoms. The normalized spacial score (nSPS) is 26.5. The molecule has 94 valence electrons. The van der Waals surface area contributed by atoms with Gasteiger partial charge in [0, 0.05) is 31.4 Å². The van der Waals surface area contributed by atoms with Gasteiger partial charge in [-0.15, -0.1) is 0 Å². The average Bonchev–Trinajstić information content (AvgIpc) is 3.00. The molecule has 2 fully saturated rings. The number of aromatic nitrogens is 2. The maximum absolute atomic E-state index is 5.76. The molecule has 2 heterocycles. The van der Waals surface area contributed by atoms with Crippen molar-refractivity contribution in [2.24, 2.45) is 0 Å². The van der Waals surface area contributed by atoms with Gasteiger partial charge in [0.15, 0.2) is 0 Å². The van der Waals surface area contributed by atoms with Crippen molar-refractivity contribution in [3.05, 3.63) is 18.2 Å². The van der Waals surface area contributed by atoms with E-state index in [4.69, 9.17) is 4.74 Å². The van der Waals surface area contributed by atoms with Crippen molar-refractivity contribution < 1.29 is 4.74 Å². The molecule has 1 aromatic rings. The second kappa shape index (κ2) is 5.19. The van der Waals surface area contributed by atoms with E-state index in [2.05, 4.69) is 21.1 Å². The number of imidazole rings is 1. The van der Waals surface area contributed by atoms with Crippen LogP contribution in [-0.2, 0) is 11.3 Å². The van der Waals surface area contributed by atoms with Gasteiger partial charge in [-0.25, -0.2) is 4.98 Å². The number of hydrogen-bond acceptors (Lipinski definition) is 3. The smallest absolute Gasteiger partial charge is 0.111 e. The van der Waals surface area contributed by atoms with E-state index in [1.165, 1.54) is 31.5 Å². The molecule has 0 aromatic carbocycles. The first-order chi connectivity index (χ1) is 8.43. The monoisotopic (exact) mass is 235 g/mol. The Bertz CT molecular complexity index is 351. The van der Waals surface area contributed by atoms with Gasteiger partial charge in [-0.3, -0.25) is 0 Å². The van der Waals surface area contributed by atoms with Crippen LogP contribution in [0.3, 0.4) is 0 Å². The summed E-state index contributed by atoms with van der Waals surface area (Å²) in [6, 6.07) is 0. The van der Waals surface area contributed by atoms with E-state index < -0.39 is 0 Å². The van der Waals surface area contributed by atoms with Gasteiger partial charge >= 0.3 is 0 Å². The zero-order valence-corrected chi connectivity index (χ0v) is 10.3. The Morgan fingerprint density at radius 3 is 3.06 bits per heavy atom. The summed E-state index contributed by atoms with van der Waals surface area (Å²) in [5.41, 5.74) is 0. The van der Waals surface area contributed by atoms with Crippen LogP contribution in [0, 0.1) is 0 Å². The van der Waals surface area contributed by atoms with E-state index in [-0.39, 0.29) is 0 Å². The molecule has 1 unspecified atom stereocenters. The quantitative estimate of drug-likeness (QED) is 0.863. The highest BCUT2D eigenvalue weighted by Gasteiger charge is 2.23. The van der Waals surface area contributed by atoms with Crippen LogP contribution in [0.1, 0.15) is 37.4 Å². The lowest BCUT2D eigenvalue weighted by Crippen LogP contribution is -2.40. The zero-order valence-electron chi connectivity index (χ0n) is 10.3. The fourth-order valence-corrected chi connectivity index (χ4v) is 2.98. The summed E-state index contributed by atoms with van der Waals surface area (Å²) in [5.74, 6) is 1.96. The van der Waals surface area contributed by atoms with Crippen molar-refractivity contribution in [2.75, 3.05) is 19.7 Å². The van der Waals surface area contributed by atoms with Gasteiger partial charge in [0.05, 0.1) is 19.3 Å². The first-order valence-electron chi connectivity index (χ1n) is 6.77. The van der Waals surface area contributed by atoms with Crippen LogP contribution in [0.2, 0.25) is 0 Å². The number of nitrogens with one attached hydrogen (secondary N) is 1. The fraction of sp³-hybridized carbons (Fsp3) is 0.769. The zero-order chi connectivity index (χ0) is 11.5. The Morgan fingerprint density at radius 2 is 2.29 bits per heavy atom. The summed E-state index contributed by atoms with van der Waals surface area (Å²) in [6.45, 7) is 3.72. The topological polar surface area (TPSA) is 39.1 Å². The molecule has 1 saturated heterocycles. The standard InChI is InChI=1S/C13H21N3O/c1-2-4-11(3-1)13-15-5-7-16(13)10-12-9-14-6-8-17-12/h5,7,11-12,14H,1-4,6,8-10H2. The molecule has 1 saturated carbocycles. The highest BCUT2D eigenvalue weighted by molar-refractivity contribution is 5.03. The highest BCUT2D eigenvalue weighted by atomic mass is 16.5. The van der Waals surface area contributed by atoms with Gasteiger partial charge in [0.2, 0.25) is 0 Å². The summed E-state index contributed by atoms with van der Waals surface area (Å²) in [4.78, 5) is 4.55. The van der Waals surface area contributed by atoms with E-state index in [0.717, 1.165) is 26.2 Å². The van der Waals surface area contributed by atoms with Crippen molar-refractivity contribution in [3.63, 3.8) is 0 Å². The summed E-state index contributed by atoms with van der Waals surface area (Å²) in [7, 11) is 0. The first-order valence-corrected chi connectivity index (χ1v) is 6.77. The van der Waals surface area contributed by atoms with Crippen molar-refractivity contribution in [2.45, 2.75) is 44.2 Å². The van der Waals surface area contributed by atoms with Crippen molar-refractivity contribution in [1.29, 1.82) is 0 Å². The van der Waals surface area contributed by atoms with Gasteiger partial charge in [-0.1, -0.05) is 12.8 Å². The van der Waals surface area contributed by atoms with Gasteiger partial charge in [0.1, 0.15) is 5.82 Å². The van der Waals surface area contributed by atoms with Crippen LogP contribution < -0.4 is 5.32 Å². The molecular formula is C13H21N3O. The van der Waals surface area contributed by atoms with Gasteiger partial charge in [-0.2, -0.15) is 0 Å². The van der Waals surface area contributed by atoms with Crippen LogP contribution in [0.5, 0.6) is 0 Å². The Labute approximate surface area is 102 Å². The second-order valence-electron chi connectivity index (χ2n) is 5.12. The predicted molar refractivity (Wildman–Crippen MR) is 66.0 cm³/mol. The van der Waals surface area contributed by atoms with Crippen LogP contribution in [0.4, 0.5) is 0 Å². The number of morpholine rings is 1. The van der Waals surface area contributed by atoms with E-state index in [1.807, 2.05) is 6.20 Å². The summed E-state index contributed by atoms with van der Waals surface area (Å²) in [5, 5.41) is 3.38. The van der Waals surface area contributed by atoms with E-state index >= 15 is 0 Å². The molecular weight excluding hydrogens is 214 g/mol. The Hall–Kier alpha value is -0.870. The highest BCUT2D eigenvalue weighted by Crippen LogP contribution is 2.33. The van der Waals surface area contributed by atoms with Crippen LogP contribution in [0.25, 0.3) is 0 Å². The molecule has 1 aliphatic carbocycles. The summed E-state index contributed by atoms with van der Waals surface area (Å²) < 4.78 is 8.06. The Kier molecular flexibility index (Phi) is 3.43. The molecule has 1 aromatic heterocycles. The molecule has 2 aliphatic rings. The maximum Gasteiger partial charge on any atom is 0.111 e. The minimum absolute atomic E-state index is 0.304. The van der Waals surface area contributed by atoms with Crippen molar-refractivity contribution in [3.8, 4) is 0 Å². The second-order valence-corrected chi connectivity index (χ2v) is 5.12. The number of ether oxygens (including phenoxy) is 1. The van der Waals surface area contributed by atoms with Crippen molar-refractivity contribution >= 4 is 0 Å². The number of nitrogens with zero attached hydrogens (tertiary/aromatic N) is 2. The minimum Gasteiger partial charge on any atom is -0.374 e. The summed E-state index contributed by atoms with van der Waals surface area (Å²) >= 11 is 0. The van der Waals surface area contributed by atoms with Crippen LogP contribution in [-0.4, -0.2) is 35.4 Å². The lowest BCUT2D eigenvalue weighted by molar-refractivity contribution is 0.0176. The molecule has 0 bridgehead atoms. The molecule has 1 aliphatic heterocycles. The third-order valence-electron chi connectivity index (χ3n) is 3.87. The van der Waals surface area contributed by atoms with Gasteiger partial charge in [0.25, 0.3) is 0 Å². The molecule has 0 radical (unpaired) electrons. The number of hydrogen-bond donors (Lipinski definition) is 1. The predicted octanol–water partition coefficient (Wildman–Crippen LogP) is 1.53. The van der Waals surface area contributed by atoms with Gasteiger partial charge in [-0.05, 0) is 12.8 Å². The Morgan fingerprint density at radius 1 is 1.41 bits per heavy atom. The van der Waals surface area contributed by atoms with E-state index in [9.17, 15) is 0 Å². The van der Waals surface area contributed by atoms with Crippen LogP contribution in [0.15, 0.2) is 12.4 Å². The minimum atomic E-state index is 0.304. The number of rotatable bonds is 3. The lowest BCUT2D eigenvalue weighted by Gasteiger charge is -2.25. The fourth-order valence-electron chi connectivity index (χ4n) is 2.98. The van der Waals surface area contributed by atoms with Crippen molar-refractivity contribution in [1.82, 2.24) is 14.9 Å². The Balaban J connectivity index is 1.67. The van der Waals surface area contributed by atoms with Gasteiger partial charge < -0.3 is 14.6 Å². The van der Waals surface area contributed by atoms with E-state index in [1.54, 1.807) is 0 Å². The first kappa shape index (κ1) is 11.2. The lowest BCUT2D eigenvalue weighted by atomic mass is 10.1. The molecule has 1 atom stereocenters. The molecule has 0 amide bonds. The molecule has 1 N–H and O–H groups in total. The molecule has 4 nitrogen and oxygen atoms in total. The third kappa shape index (κ3) is 2.53. The largest absolute Gasteiger partial charge is 0.374 e. The molecule has 4 heteroatoms.